The van der Waals surface area contributed by atoms with Crippen LogP contribution in [0.25, 0.3) is 0 Å². The summed E-state index contributed by atoms with van der Waals surface area (Å²) in [6, 6.07) is 16.7. The maximum atomic E-state index is 9.62. The minimum atomic E-state index is -0.608. The standard InChI is InChI=1S/C20H26O3.2C2H6/c1-15-5-7-16(8-6-15)20(2,3)17-9-11-19(12-10-17)23-14-18(21)13-22-4;2*1-2/h5-12,18,21H,13-14H2,1-4H3;2*1-2H3. The molecule has 2 aromatic carbocycles. The van der Waals surface area contributed by atoms with E-state index in [0.29, 0.717) is 0 Å². The Labute approximate surface area is 166 Å². The maximum Gasteiger partial charge on any atom is 0.119 e. The SMILES string of the molecule is CC.CC.COCC(O)COc1ccc(C(C)(C)c2ccc(C)cc2)cc1. The number of hydrogen-bond acceptors (Lipinski definition) is 3. The van der Waals surface area contributed by atoms with Crippen LogP contribution in [0, 0.1) is 6.92 Å². The van der Waals surface area contributed by atoms with Gasteiger partial charge in [0, 0.05) is 12.5 Å². The largest absolute Gasteiger partial charge is 0.491 e. The van der Waals surface area contributed by atoms with E-state index in [0.717, 1.165) is 5.75 Å². The van der Waals surface area contributed by atoms with Gasteiger partial charge in [-0.25, -0.2) is 0 Å². The Morgan fingerprint density at radius 3 is 1.70 bits per heavy atom. The zero-order valence-corrected chi connectivity index (χ0v) is 18.4. The molecule has 0 bridgehead atoms. The van der Waals surface area contributed by atoms with Crippen molar-refractivity contribution in [2.75, 3.05) is 20.3 Å². The van der Waals surface area contributed by atoms with Gasteiger partial charge >= 0.3 is 0 Å². The summed E-state index contributed by atoms with van der Waals surface area (Å²) in [6.07, 6.45) is -0.608. The predicted molar refractivity (Wildman–Crippen MR) is 116 cm³/mol. The normalized spacial score (nSPS) is 11.4. The highest BCUT2D eigenvalue weighted by Crippen LogP contribution is 2.32. The summed E-state index contributed by atoms with van der Waals surface area (Å²) < 4.78 is 10.5. The van der Waals surface area contributed by atoms with Crippen LogP contribution in [0.1, 0.15) is 58.2 Å². The van der Waals surface area contributed by atoms with Crippen LogP contribution in [0.5, 0.6) is 5.75 Å². The number of rotatable bonds is 7. The topological polar surface area (TPSA) is 38.7 Å². The summed E-state index contributed by atoms with van der Waals surface area (Å²) in [7, 11) is 1.56. The molecule has 0 radical (unpaired) electrons. The molecule has 0 fully saturated rings. The molecule has 2 rings (SSSR count). The van der Waals surface area contributed by atoms with Crippen LogP contribution in [-0.2, 0) is 10.2 Å². The molecule has 27 heavy (non-hydrogen) atoms. The molecule has 152 valence electrons. The molecule has 0 saturated carbocycles. The van der Waals surface area contributed by atoms with Crippen molar-refractivity contribution in [3.63, 3.8) is 0 Å². The minimum absolute atomic E-state index is 0.0677. The molecular weight excluding hydrogens is 336 g/mol. The van der Waals surface area contributed by atoms with E-state index in [1.54, 1.807) is 7.11 Å². The minimum Gasteiger partial charge on any atom is -0.491 e. The van der Waals surface area contributed by atoms with Crippen molar-refractivity contribution in [3.8, 4) is 5.75 Å². The van der Waals surface area contributed by atoms with Crippen molar-refractivity contribution < 1.29 is 14.6 Å². The lowest BCUT2D eigenvalue weighted by molar-refractivity contribution is 0.0325. The van der Waals surface area contributed by atoms with E-state index >= 15 is 0 Å². The second-order valence-electron chi connectivity index (χ2n) is 6.44. The molecule has 3 heteroatoms. The van der Waals surface area contributed by atoms with E-state index in [9.17, 15) is 5.11 Å². The van der Waals surface area contributed by atoms with E-state index < -0.39 is 6.10 Å². The van der Waals surface area contributed by atoms with Gasteiger partial charge in [-0.05, 0) is 30.2 Å². The Bertz CT molecular complexity index is 601. The fourth-order valence-corrected chi connectivity index (χ4v) is 2.54. The molecule has 0 aliphatic rings. The maximum absolute atomic E-state index is 9.62. The van der Waals surface area contributed by atoms with Crippen LogP contribution in [-0.4, -0.2) is 31.5 Å². The third-order valence-electron chi connectivity index (χ3n) is 4.15. The molecule has 0 saturated heterocycles. The molecule has 2 aromatic rings. The molecule has 3 nitrogen and oxygen atoms in total. The van der Waals surface area contributed by atoms with Crippen molar-refractivity contribution in [1.82, 2.24) is 0 Å². The molecule has 0 spiro atoms. The van der Waals surface area contributed by atoms with E-state index in [-0.39, 0.29) is 18.6 Å². The summed E-state index contributed by atoms with van der Waals surface area (Å²) in [5.41, 5.74) is 3.71. The lowest BCUT2D eigenvalue weighted by Crippen LogP contribution is -2.22. The Morgan fingerprint density at radius 2 is 1.26 bits per heavy atom. The van der Waals surface area contributed by atoms with Gasteiger partial charge in [0.15, 0.2) is 0 Å². The predicted octanol–water partition coefficient (Wildman–Crippen LogP) is 5.76. The number of aliphatic hydroxyl groups excluding tert-OH is 1. The van der Waals surface area contributed by atoms with Crippen molar-refractivity contribution in [1.29, 1.82) is 0 Å². The number of aliphatic hydroxyl groups is 1. The summed E-state index contributed by atoms with van der Waals surface area (Å²) >= 11 is 0. The molecule has 0 amide bonds. The zero-order valence-electron chi connectivity index (χ0n) is 18.4. The van der Waals surface area contributed by atoms with Gasteiger partial charge in [-0.1, -0.05) is 83.5 Å². The van der Waals surface area contributed by atoms with Crippen LogP contribution < -0.4 is 4.74 Å². The van der Waals surface area contributed by atoms with Crippen LogP contribution in [0.15, 0.2) is 48.5 Å². The number of hydrogen-bond donors (Lipinski definition) is 1. The first-order chi connectivity index (χ1) is 12.9. The van der Waals surface area contributed by atoms with Gasteiger partial charge in [0.05, 0.1) is 6.61 Å². The molecule has 0 aliphatic heterocycles. The second-order valence-corrected chi connectivity index (χ2v) is 6.44. The highest BCUT2D eigenvalue weighted by Gasteiger charge is 2.22. The van der Waals surface area contributed by atoms with Crippen molar-refractivity contribution in [2.24, 2.45) is 0 Å². The van der Waals surface area contributed by atoms with Crippen LogP contribution in [0.2, 0.25) is 0 Å². The Balaban J connectivity index is 0.00000158. The quantitative estimate of drug-likeness (QED) is 0.669. The summed E-state index contributed by atoms with van der Waals surface area (Å²) in [6.45, 7) is 15.0. The Kier molecular flexibility index (Phi) is 12.4. The highest BCUT2D eigenvalue weighted by atomic mass is 16.5. The van der Waals surface area contributed by atoms with Gasteiger partial charge in [-0.3, -0.25) is 0 Å². The van der Waals surface area contributed by atoms with Gasteiger partial charge in [-0.2, -0.15) is 0 Å². The number of aryl methyl sites for hydroxylation is 1. The molecule has 0 aromatic heterocycles. The first kappa shape index (κ1) is 25.2. The van der Waals surface area contributed by atoms with Gasteiger partial charge in [0.25, 0.3) is 0 Å². The smallest absolute Gasteiger partial charge is 0.119 e. The van der Waals surface area contributed by atoms with Gasteiger partial charge in [-0.15, -0.1) is 0 Å². The van der Waals surface area contributed by atoms with E-state index in [1.165, 1.54) is 16.7 Å². The molecule has 0 aliphatic carbocycles. The van der Waals surface area contributed by atoms with E-state index in [1.807, 2.05) is 39.8 Å². The highest BCUT2D eigenvalue weighted by molar-refractivity contribution is 5.40. The molecule has 0 heterocycles. The van der Waals surface area contributed by atoms with Crippen LogP contribution >= 0.6 is 0 Å². The Morgan fingerprint density at radius 1 is 0.815 bits per heavy atom. The number of benzene rings is 2. The third-order valence-corrected chi connectivity index (χ3v) is 4.15. The zero-order chi connectivity index (χ0) is 20.9. The first-order valence-corrected chi connectivity index (χ1v) is 9.91. The summed E-state index contributed by atoms with van der Waals surface area (Å²) in [5.74, 6) is 0.753. The van der Waals surface area contributed by atoms with Gasteiger partial charge < -0.3 is 14.6 Å². The summed E-state index contributed by atoms with van der Waals surface area (Å²) in [4.78, 5) is 0. The monoisotopic (exact) mass is 374 g/mol. The van der Waals surface area contributed by atoms with Crippen LogP contribution in [0.4, 0.5) is 0 Å². The first-order valence-electron chi connectivity index (χ1n) is 9.91. The van der Waals surface area contributed by atoms with E-state index in [2.05, 4.69) is 57.2 Å². The molecule has 1 atom stereocenters. The molecule has 1 unspecified atom stereocenters. The fraction of sp³-hybridized carbons (Fsp3) is 0.500. The van der Waals surface area contributed by atoms with Crippen molar-refractivity contribution in [2.45, 2.75) is 60.0 Å². The Hall–Kier alpha value is -1.84. The number of methoxy groups -OCH3 is 1. The van der Waals surface area contributed by atoms with Crippen molar-refractivity contribution >= 4 is 0 Å². The third kappa shape index (κ3) is 8.15. The lowest BCUT2D eigenvalue weighted by atomic mass is 9.78. The average Bonchev–Trinajstić information content (AvgIpc) is 2.70. The molecule has 1 N–H and O–H groups in total. The molecular formula is C24H38O3. The lowest BCUT2D eigenvalue weighted by Gasteiger charge is -2.26. The van der Waals surface area contributed by atoms with E-state index in [4.69, 9.17) is 9.47 Å². The van der Waals surface area contributed by atoms with Crippen LogP contribution in [0.3, 0.4) is 0 Å². The number of ether oxygens (including phenoxy) is 2. The second kappa shape index (κ2) is 13.3. The average molecular weight is 375 g/mol. The van der Waals surface area contributed by atoms with Crippen molar-refractivity contribution in [3.05, 3.63) is 65.2 Å². The fourth-order valence-electron chi connectivity index (χ4n) is 2.54. The summed E-state index contributed by atoms with van der Waals surface area (Å²) in [5, 5.41) is 9.62. The van der Waals surface area contributed by atoms with Gasteiger partial charge in [0.2, 0.25) is 0 Å². The van der Waals surface area contributed by atoms with Gasteiger partial charge in [0.1, 0.15) is 18.5 Å².